The Kier molecular flexibility index (Phi) is 7.85. The van der Waals surface area contributed by atoms with Crippen LogP contribution in [0.15, 0.2) is 42.5 Å². The molecular formula is C25H28Cl3N3O2. The molecule has 0 spiro atoms. The van der Waals surface area contributed by atoms with Gasteiger partial charge in [-0.3, -0.25) is 9.59 Å². The monoisotopic (exact) mass is 507 g/mol. The van der Waals surface area contributed by atoms with Crippen LogP contribution < -0.4 is 5.32 Å². The molecule has 0 radical (unpaired) electrons. The first-order valence-electron chi connectivity index (χ1n) is 11.3. The minimum atomic E-state index is -0.0810. The Bertz CT molecular complexity index is 1010. The topological polar surface area (TPSA) is 52.7 Å². The van der Waals surface area contributed by atoms with E-state index in [1.54, 1.807) is 35.2 Å². The van der Waals surface area contributed by atoms with Gasteiger partial charge >= 0.3 is 0 Å². The predicted molar refractivity (Wildman–Crippen MR) is 133 cm³/mol. The molecule has 2 aliphatic heterocycles. The van der Waals surface area contributed by atoms with Crippen molar-refractivity contribution in [2.75, 3.05) is 33.2 Å². The van der Waals surface area contributed by atoms with E-state index in [-0.39, 0.29) is 29.7 Å². The van der Waals surface area contributed by atoms with E-state index in [1.807, 2.05) is 24.1 Å². The summed E-state index contributed by atoms with van der Waals surface area (Å²) >= 11 is 18.5. The number of nitrogens with zero attached hydrogens (tertiary/aromatic N) is 2. The molecule has 0 unspecified atom stereocenters. The molecule has 176 valence electrons. The number of carbonyl (C=O) groups is 2. The lowest BCUT2D eigenvalue weighted by atomic mass is 9.84. The highest BCUT2D eigenvalue weighted by molar-refractivity contribution is 6.42. The summed E-state index contributed by atoms with van der Waals surface area (Å²) in [6, 6.07) is 12.4. The fraction of sp³-hybridized carbons (Fsp3) is 0.440. The maximum absolute atomic E-state index is 13.3. The van der Waals surface area contributed by atoms with Crippen LogP contribution in [0.2, 0.25) is 15.1 Å². The highest BCUT2D eigenvalue weighted by Gasteiger charge is 2.38. The van der Waals surface area contributed by atoms with Crippen LogP contribution in [0.25, 0.3) is 0 Å². The number of nitrogens with one attached hydrogen (secondary N) is 1. The van der Waals surface area contributed by atoms with Crippen molar-refractivity contribution in [1.29, 1.82) is 0 Å². The Morgan fingerprint density at radius 3 is 2.33 bits per heavy atom. The molecule has 33 heavy (non-hydrogen) atoms. The molecule has 2 saturated heterocycles. The number of hydrogen-bond donors (Lipinski definition) is 1. The summed E-state index contributed by atoms with van der Waals surface area (Å²) in [6.45, 7) is 2.93. The van der Waals surface area contributed by atoms with Crippen molar-refractivity contribution in [2.45, 2.75) is 31.2 Å². The van der Waals surface area contributed by atoms with Gasteiger partial charge in [0.2, 0.25) is 5.91 Å². The number of halogens is 3. The van der Waals surface area contributed by atoms with E-state index in [9.17, 15) is 9.59 Å². The number of piperidine rings is 2. The van der Waals surface area contributed by atoms with Gasteiger partial charge in [-0.25, -0.2) is 0 Å². The van der Waals surface area contributed by atoms with Crippen LogP contribution in [-0.2, 0) is 4.79 Å². The quantitative estimate of drug-likeness (QED) is 0.625. The molecule has 0 aliphatic carbocycles. The smallest absolute Gasteiger partial charge is 0.253 e. The molecule has 8 heteroatoms. The minimum Gasteiger partial charge on any atom is -0.342 e. The van der Waals surface area contributed by atoms with Crippen LogP contribution in [0.1, 0.15) is 41.1 Å². The summed E-state index contributed by atoms with van der Waals surface area (Å²) in [7, 11) is 1.83. The average Bonchev–Trinajstić information content (AvgIpc) is 2.85. The third kappa shape index (κ3) is 5.48. The number of rotatable bonds is 4. The van der Waals surface area contributed by atoms with Gasteiger partial charge in [0, 0.05) is 48.6 Å². The predicted octanol–water partition coefficient (Wildman–Crippen LogP) is 5.10. The molecule has 0 aromatic heterocycles. The molecule has 5 nitrogen and oxygen atoms in total. The van der Waals surface area contributed by atoms with Gasteiger partial charge in [0.25, 0.3) is 5.91 Å². The zero-order valence-electron chi connectivity index (χ0n) is 18.6. The molecule has 2 aliphatic rings. The van der Waals surface area contributed by atoms with Gasteiger partial charge in [0.1, 0.15) is 0 Å². The third-order valence-electron chi connectivity index (χ3n) is 6.86. The van der Waals surface area contributed by atoms with Gasteiger partial charge in [0.15, 0.2) is 0 Å². The summed E-state index contributed by atoms with van der Waals surface area (Å²) in [4.78, 5) is 30.3. The normalized spacial score (nSPS) is 21.6. The highest BCUT2D eigenvalue weighted by atomic mass is 35.5. The van der Waals surface area contributed by atoms with Crippen molar-refractivity contribution in [1.82, 2.24) is 15.1 Å². The molecule has 2 fully saturated rings. The van der Waals surface area contributed by atoms with Crippen molar-refractivity contribution in [3.63, 3.8) is 0 Å². The maximum atomic E-state index is 13.3. The summed E-state index contributed by atoms with van der Waals surface area (Å²) in [5, 5.41) is 4.87. The Balaban J connectivity index is 1.59. The molecule has 2 atom stereocenters. The fourth-order valence-corrected chi connectivity index (χ4v) is 5.38. The van der Waals surface area contributed by atoms with E-state index in [2.05, 4.69) is 5.32 Å². The number of carbonyl (C=O) groups excluding carboxylic acids is 2. The van der Waals surface area contributed by atoms with Crippen LogP contribution in [0, 0.1) is 5.92 Å². The highest BCUT2D eigenvalue weighted by Crippen LogP contribution is 2.35. The molecule has 1 N–H and O–H groups in total. The second-order valence-corrected chi connectivity index (χ2v) is 10.1. The summed E-state index contributed by atoms with van der Waals surface area (Å²) in [6.07, 6.45) is 2.42. The summed E-state index contributed by atoms with van der Waals surface area (Å²) < 4.78 is 0. The average molecular weight is 509 g/mol. The zero-order chi connectivity index (χ0) is 23.5. The molecule has 0 saturated carbocycles. The van der Waals surface area contributed by atoms with Crippen LogP contribution in [0.5, 0.6) is 0 Å². The first kappa shape index (κ1) is 24.3. The Morgan fingerprint density at radius 1 is 0.970 bits per heavy atom. The standard InChI is InChI=1S/C25H28Cl3N3O2/c1-30(24(32)16-2-5-19(26)6-3-16)23-10-13-31(25(33)17-8-11-29-12-9-17)15-20(23)18-4-7-21(27)22(28)14-18/h2-7,14,17,20,23,29H,8-13,15H2,1H3/t20-,23+/m0/s1. The second-order valence-electron chi connectivity index (χ2n) is 8.87. The number of likely N-dealkylation sites (tertiary alicyclic amines) is 1. The first-order chi connectivity index (χ1) is 15.8. The van der Waals surface area contributed by atoms with Crippen LogP contribution in [0.4, 0.5) is 0 Å². The van der Waals surface area contributed by atoms with E-state index in [0.29, 0.717) is 40.1 Å². The van der Waals surface area contributed by atoms with E-state index in [0.717, 1.165) is 31.5 Å². The van der Waals surface area contributed by atoms with Gasteiger partial charge in [-0.15, -0.1) is 0 Å². The number of benzene rings is 2. The molecule has 2 heterocycles. The van der Waals surface area contributed by atoms with E-state index in [4.69, 9.17) is 34.8 Å². The van der Waals surface area contributed by atoms with Gasteiger partial charge in [0.05, 0.1) is 10.0 Å². The largest absolute Gasteiger partial charge is 0.342 e. The molecular weight excluding hydrogens is 481 g/mol. The van der Waals surface area contributed by atoms with Crippen molar-refractivity contribution in [3.05, 3.63) is 68.7 Å². The molecule has 2 aromatic carbocycles. The Morgan fingerprint density at radius 2 is 1.67 bits per heavy atom. The number of likely N-dealkylation sites (N-methyl/N-ethyl adjacent to an activating group) is 1. The van der Waals surface area contributed by atoms with Gasteiger partial charge < -0.3 is 15.1 Å². The van der Waals surface area contributed by atoms with Gasteiger partial charge in [-0.2, -0.15) is 0 Å². The first-order valence-corrected chi connectivity index (χ1v) is 12.5. The Labute approximate surface area is 210 Å². The maximum Gasteiger partial charge on any atom is 0.253 e. The van der Waals surface area contributed by atoms with E-state index < -0.39 is 0 Å². The lowest BCUT2D eigenvalue weighted by Crippen LogP contribution is -2.53. The van der Waals surface area contributed by atoms with Gasteiger partial charge in [-0.1, -0.05) is 40.9 Å². The summed E-state index contributed by atoms with van der Waals surface area (Å²) in [5.41, 5.74) is 1.57. The van der Waals surface area contributed by atoms with Crippen molar-refractivity contribution >= 4 is 46.6 Å². The van der Waals surface area contributed by atoms with E-state index in [1.165, 1.54) is 0 Å². The fourth-order valence-electron chi connectivity index (χ4n) is 4.95. The van der Waals surface area contributed by atoms with Crippen molar-refractivity contribution in [2.24, 2.45) is 5.92 Å². The number of amides is 2. The molecule has 2 aromatic rings. The number of hydrogen-bond acceptors (Lipinski definition) is 3. The van der Waals surface area contributed by atoms with Crippen LogP contribution in [-0.4, -0.2) is 60.9 Å². The zero-order valence-corrected chi connectivity index (χ0v) is 20.8. The molecule has 4 rings (SSSR count). The third-order valence-corrected chi connectivity index (χ3v) is 7.85. The van der Waals surface area contributed by atoms with Crippen LogP contribution in [0.3, 0.4) is 0 Å². The lowest BCUT2D eigenvalue weighted by Gasteiger charge is -2.44. The molecule has 0 bridgehead atoms. The van der Waals surface area contributed by atoms with Crippen molar-refractivity contribution in [3.8, 4) is 0 Å². The van der Waals surface area contributed by atoms with Crippen LogP contribution >= 0.6 is 34.8 Å². The lowest BCUT2D eigenvalue weighted by molar-refractivity contribution is -0.138. The molecule has 2 amide bonds. The summed E-state index contributed by atoms with van der Waals surface area (Å²) in [5.74, 6) is 0.137. The van der Waals surface area contributed by atoms with Crippen molar-refractivity contribution < 1.29 is 9.59 Å². The Hall–Kier alpha value is -1.79. The van der Waals surface area contributed by atoms with E-state index >= 15 is 0 Å². The van der Waals surface area contributed by atoms with Gasteiger partial charge in [-0.05, 0) is 74.3 Å². The SMILES string of the molecule is CN(C(=O)c1ccc(Cl)cc1)[C@@H]1CCN(C(=O)C2CCNCC2)C[C@H]1c1ccc(Cl)c(Cl)c1. The minimum absolute atomic E-state index is 0.0608. The second kappa shape index (κ2) is 10.6.